The van der Waals surface area contributed by atoms with Crippen LogP contribution in [0.4, 0.5) is 10.1 Å². The van der Waals surface area contributed by atoms with E-state index in [9.17, 15) is 4.39 Å². The lowest BCUT2D eigenvalue weighted by Gasteiger charge is -2.32. The van der Waals surface area contributed by atoms with E-state index in [1.807, 2.05) is 0 Å². The largest absolute Gasteiger partial charge is 0.379 e. The number of nitrogens with zero attached hydrogens (tertiary/aromatic N) is 1. The van der Waals surface area contributed by atoms with E-state index in [2.05, 4.69) is 17.1 Å². The first-order valence-electron chi connectivity index (χ1n) is 6.22. The fraction of sp³-hybridized carbons (Fsp3) is 0.538. The van der Waals surface area contributed by atoms with Gasteiger partial charge in [-0.2, -0.15) is 0 Å². The van der Waals surface area contributed by atoms with E-state index in [1.165, 1.54) is 6.07 Å². The average molecular weight is 273 g/mol. The van der Waals surface area contributed by atoms with Gasteiger partial charge in [-0.3, -0.25) is 4.90 Å². The van der Waals surface area contributed by atoms with Gasteiger partial charge in [-0.1, -0.05) is 24.6 Å². The Bertz CT molecular complexity index is 382. The molecular weight excluding hydrogens is 255 g/mol. The normalized spacial score (nSPS) is 20.9. The third kappa shape index (κ3) is 3.34. The second-order valence-corrected chi connectivity index (χ2v) is 4.77. The molecule has 0 bridgehead atoms. The highest BCUT2D eigenvalue weighted by molar-refractivity contribution is 6.33. The van der Waals surface area contributed by atoms with E-state index in [-0.39, 0.29) is 11.9 Å². The van der Waals surface area contributed by atoms with Gasteiger partial charge in [-0.05, 0) is 18.7 Å². The van der Waals surface area contributed by atoms with Crippen LogP contribution in [0, 0.1) is 5.82 Å². The molecule has 0 saturated carbocycles. The van der Waals surface area contributed by atoms with Crippen molar-refractivity contribution in [1.29, 1.82) is 0 Å². The molecule has 1 N–H and O–H groups in total. The van der Waals surface area contributed by atoms with Gasteiger partial charge >= 0.3 is 0 Å². The predicted octanol–water partition coefficient (Wildman–Crippen LogP) is 2.61. The van der Waals surface area contributed by atoms with Crippen LogP contribution in [0.2, 0.25) is 5.02 Å². The molecule has 1 aromatic rings. The number of benzene rings is 1. The van der Waals surface area contributed by atoms with Crippen LogP contribution in [0.25, 0.3) is 0 Å². The fourth-order valence-corrected chi connectivity index (χ4v) is 2.30. The van der Waals surface area contributed by atoms with Gasteiger partial charge in [-0.25, -0.2) is 4.39 Å². The van der Waals surface area contributed by atoms with Crippen molar-refractivity contribution in [2.24, 2.45) is 0 Å². The smallest absolute Gasteiger partial charge is 0.147 e. The number of anilines is 1. The van der Waals surface area contributed by atoms with E-state index in [4.69, 9.17) is 16.3 Å². The van der Waals surface area contributed by atoms with Gasteiger partial charge in [0.05, 0.1) is 23.4 Å². The molecule has 0 spiro atoms. The Kier molecular flexibility index (Phi) is 4.80. The van der Waals surface area contributed by atoms with Gasteiger partial charge in [0.1, 0.15) is 5.82 Å². The van der Waals surface area contributed by atoms with Crippen LogP contribution in [0.5, 0.6) is 0 Å². The summed E-state index contributed by atoms with van der Waals surface area (Å²) in [6, 6.07) is 4.67. The molecule has 0 aromatic heterocycles. The molecule has 1 atom stereocenters. The molecule has 5 heteroatoms. The van der Waals surface area contributed by atoms with E-state index < -0.39 is 0 Å². The molecule has 0 radical (unpaired) electrons. The van der Waals surface area contributed by atoms with Crippen LogP contribution in [-0.2, 0) is 4.74 Å². The van der Waals surface area contributed by atoms with E-state index in [1.54, 1.807) is 12.1 Å². The highest BCUT2D eigenvalue weighted by Crippen LogP contribution is 2.24. The first-order chi connectivity index (χ1) is 8.70. The molecule has 0 aliphatic carbocycles. The van der Waals surface area contributed by atoms with Gasteiger partial charge in [0.15, 0.2) is 0 Å². The van der Waals surface area contributed by atoms with Gasteiger partial charge < -0.3 is 10.1 Å². The van der Waals surface area contributed by atoms with E-state index >= 15 is 0 Å². The molecule has 1 unspecified atom stereocenters. The molecule has 0 amide bonds. The van der Waals surface area contributed by atoms with Crippen molar-refractivity contribution in [3.05, 3.63) is 29.0 Å². The highest BCUT2D eigenvalue weighted by atomic mass is 35.5. The first-order valence-corrected chi connectivity index (χ1v) is 6.60. The number of morpholine rings is 1. The molecule has 1 aromatic carbocycles. The highest BCUT2D eigenvalue weighted by Gasteiger charge is 2.19. The van der Waals surface area contributed by atoms with Gasteiger partial charge in [0.2, 0.25) is 0 Å². The average Bonchev–Trinajstić information content (AvgIpc) is 2.38. The zero-order valence-corrected chi connectivity index (χ0v) is 11.2. The molecule has 1 aliphatic heterocycles. The van der Waals surface area contributed by atoms with Crippen molar-refractivity contribution in [3.63, 3.8) is 0 Å². The Morgan fingerprint density at radius 1 is 1.56 bits per heavy atom. The zero-order chi connectivity index (χ0) is 13.0. The topological polar surface area (TPSA) is 24.5 Å². The Labute approximate surface area is 112 Å². The third-order valence-electron chi connectivity index (χ3n) is 3.14. The number of likely N-dealkylation sites (N-methyl/N-ethyl adjacent to an activating group) is 1. The van der Waals surface area contributed by atoms with Crippen LogP contribution >= 0.6 is 11.6 Å². The summed E-state index contributed by atoms with van der Waals surface area (Å²) in [5.74, 6) is -0.328. The summed E-state index contributed by atoms with van der Waals surface area (Å²) in [5, 5.41) is 3.44. The standard InChI is InChI=1S/C13H18ClFN2O/c1-2-17-6-7-18-10(9-17)8-16-13-11(14)4-3-5-12(13)15/h3-5,10,16H,2,6-9H2,1H3. The van der Waals surface area contributed by atoms with Crippen LogP contribution in [0.15, 0.2) is 18.2 Å². The molecule has 1 aliphatic rings. The minimum absolute atomic E-state index is 0.0781. The predicted molar refractivity (Wildman–Crippen MR) is 71.8 cm³/mol. The summed E-state index contributed by atoms with van der Waals surface area (Å²) in [6.07, 6.45) is 0.0781. The first kappa shape index (κ1) is 13.6. The molecule has 100 valence electrons. The lowest BCUT2D eigenvalue weighted by Crippen LogP contribution is -2.45. The number of nitrogens with one attached hydrogen (secondary N) is 1. The number of hydrogen-bond acceptors (Lipinski definition) is 3. The minimum Gasteiger partial charge on any atom is -0.379 e. The molecular formula is C13H18ClFN2O. The van der Waals surface area contributed by atoms with Crippen molar-refractivity contribution < 1.29 is 9.13 Å². The van der Waals surface area contributed by atoms with Crippen LogP contribution in [-0.4, -0.2) is 43.8 Å². The Morgan fingerprint density at radius 2 is 2.39 bits per heavy atom. The number of hydrogen-bond donors (Lipinski definition) is 1. The summed E-state index contributed by atoms with van der Waals surface area (Å²) in [7, 11) is 0. The molecule has 18 heavy (non-hydrogen) atoms. The second kappa shape index (κ2) is 6.36. The van der Waals surface area contributed by atoms with E-state index in [0.29, 0.717) is 17.3 Å². The number of ether oxygens (including phenoxy) is 1. The number of para-hydroxylation sites is 1. The maximum absolute atomic E-state index is 13.5. The summed E-state index contributed by atoms with van der Waals surface area (Å²) in [5.41, 5.74) is 0.358. The number of halogens is 2. The monoisotopic (exact) mass is 272 g/mol. The number of rotatable bonds is 4. The zero-order valence-electron chi connectivity index (χ0n) is 10.5. The van der Waals surface area contributed by atoms with Gasteiger partial charge in [-0.15, -0.1) is 0 Å². The maximum Gasteiger partial charge on any atom is 0.147 e. The van der Waals surface area contributed by atoms with Crippen LogP contribution in [0.3, 0.4) is 0 Å². The quantitative estimate of drug-likeness (QED) is 0.912. The Balaban J connectivity index is 1.91. The fourth-order valence-electron chi connectivity index (χ4n) is 2.07. The van der Waals surface area contributed by atoms with Gasteiger partial charge in [0, 0.05) is 19.6 Å². The molecule has 3 nitrogen and oxygen atoms in total. The third-order valence-corrected chi connectivity index (χ3v) is 3.45. The van der Waals surface area contributed by atoms with Crippen molar-refractivity contribution >= 4 is 17.3 Å². The lowest BCUT2D eigenvalue weighted by molar-refractivity contribution is -0.0192. The van der Waals surface area contributed by atoms with Crippen molar-refractivity contribution in [2.45, 2.75) is 13.0 Å². The summed E-state index contributed by atoms with van der Waals surface area (Å²) >= 11 is 5.95. The van der Waals surface area contributed by atoms with Crippen molar-refractivity contribution in [2.75, 3.05) is 38.1 Å². The van der Waals surface area contributed by atoms with Gasteiger partial charge in [0.25, 0.3) is 0 Å². The minimum atomic E-state index is -0.328. The SMILES string of the molecule is CCN1CCOC(CNc2c(F)cccc2Cl)C1. The van der Waals surface area contributed by atoms with Crippen molar-refractivity contribution in [3.8, 4) is 0 Å². The van der Waals surface area contributed by atoms with E-state index in [0.717, 1.165) is 26.2 Å². The Morgan fingerprint density at radius 3 is 3.11 bits per heavy atom. The summed E-state index contributed by atoms with van der Waals surface area (Å²) < 4.78 is 19.2. The maximum atomic E-state index is 13.5. The molecule has 1 saturated heterocycles. The summed E-state index contributed by atoms with van der Waals surface area (Å²) in [6.45, 7) is 6.27. The molecule has 2 rings (SSSR count). The summed E-state index contributed by atoms with van der Waals surface area (Å²) in [4.78, 5) is 2.32. The Hall–Kier alpha value is -0.840. The molecule has 1 fully saturated rings. The lowest BCUT2D eigenvalue weighted by atomic mass is 10.2. The van der Waals surface area contributed by atoms with Crippen LogP contribution < -0.4 is 5.32 Å². The second-order valence-electron chi connectivity index (χ2n) is 4.36. The van der Waals surface area contributed by atoms with Crippen molar-refractivity contribution in [1.82, 2.24) is 4.90 Å². The molecule has 1 heterocycles. The van der Waals surface area contributed by atoms with Crippen LogP contribution in [0.1, 0.15) is 6.92 Å².